The van der Waals surface area contributed by atoms with E-state index < -0.39 is 30.0 Å². The van der Waals surface area contributed by atoms with Crippen molar-refractivity contribution in [2.24, 2.45) is 0 Å². The minimum absolute atomic E-state index is 0.0988. The number of amides is 4. The number of hydrogen-bond donors (Lipinski definition) is 2. The summed E-state index contributed by atoms with van der Waals surface area (Å²) in [4.78, 5) is 44.8. The Balaban J connectivity index is 1.56. The molecule has 1 aromatic heterocycles. The van der Waals surface area contributed by atoms with Gasteiger partial charge in [-0.2, -0.15) is 10.4 Å². The zero-order valence-corrected chi connectivity index (χ0v) is 19.4. The molecule has 2 unspecified atom stereocenters. The smallest absolute Gasteiger partial charge is 0.406 e. The van der Waals surface area contributed by atoms with Crippen LogP contribution in [-0.2, 0) is 29.1 Å². The van der Waals surface area contributed by atoms with Crippen LogP contribution in [0.2, 0.25) is 0 Å². The molecule has 13 heteroatoms. The number of carbonyl (C=O) groups is 3. The maximum Gasteiger partial charge on any atom is 0.406 e. The van der Waals surface area contributed by atoms with E-state index in [0.717, 1.165) is 11.1 Å². The zero-order valence-electron chi connectivity index (χ0n) is 19.4. The van der Waals surface area contributed by atoms with Crippen LogP contribution >= 0.6 is 0 Å². The average Bonchev–Trinajstić information content (AvgIpc) is 3.12. The molecule has 0 saturated carbocycles. The minimum atomic E-state index is -0.672. The predicted molar refractivity (Wildman–Crippen MR) is 118 cm³/mol. The van der Waals surface area contributed by atoms with E-state index in [0.29, 0.717) is 23.4 Å². The fourth-order valence-corrected chi connectivity index (χ4v) is 4.14. The largest absolute Gasteiger partial charge is 0.453 e. The second-order valence-corrected chi connectivity index (χ2v) is 8.28. The third-order valence-corrected chi connectivity index (χ3v) is 5.91. The van der Waals surface area contributed by atoms with Crippen molar-refractivity contribution in [2.75, 3.05) is 26.0 Å². The fourth-order valence-electron chi connectivity index (χ4n) is 4.14. The molecule has 184 valence electrons. The highest BCUT2D eigenvalue weighted by Gasteiger charge is 2.37. The number of hydrogen-bond acceptors (Lipinski definition) is 7. The highest BCUT2D eigenvalue weighted by Crippen LogP contribution is 2.29. The average molecular weight is 485 g/mol. The lowest BCUT2D eigenvalue weighted by Crippen LogP contribution is -2.45. The number of rotatable bonds is 3. The molecule has 12 nitrogen and oxygen atoms in total. The van der Waals surface area contributed by atoms with E-state index >= 15 is 0 Å². The van der Waals surface area contributed by atoms with E-state index in [1.807, 2.05) is 6.92 Å². The van der Waals surface area contributed by atoms with Gasteiger partial charge in [-0.25, -0.2) is 19.0 Å². The van der Waals surface area contributed by atoms with Gasteiger partial charge in [-0.05, 0) is 25.1 Å². The second-order valence-electron chi connectivity index (χ2n) is 8.28. The number of nitriles is 1. The molecular weight excluding hydrogens is 461 g/mol. The predicted octanol–water partition coefficient (Wildman–Crippen LogP) is 1.61. The normalized spacial score (nSPS) is 19.2. The summed E-state index contributed by atoms with van der Waals surface area (Å²) in [5.74, 6) is -1.10. The summed E-state index contributed by atoms with van der Waals surface area (Å²) in [7, 11) is 2.72. The van der Waals surface area contributed by atoms with E-state index in [9.17, 15) is 18.8 Å². The van der Waals surface area contributed by atoms with Gasteiger partial charge in [0.2, 0.25) is 0 Å². The number of benzene rings is 1. The Morgan fingerprint density at radius 1 is 1.40 bits per heavy atom. The van der Waals surface area contributed by atoms with Crippen molar-refractivity contribution < 1.29 is 28.3 Å². The summed E-state index contributed by atoms with van der Waals surface area (Å²) in [5.41, 5.74) is 1.72. The van der Waals surface area contributed by atoms with Gasteiger partial charge < -0.3 is 20.3 Å². The number of carbonyl (C=O) groups excluding carboxylic acids is 3. The van der Waals surface area contributed by atoms with Gasteiger partial charge in [-0.3, -0.25) is 14.3 Å². The van der Waals surface area contributed by atoms with Crippen LogP contribution in [0.4, 0.5) is 19.7 Å². The van der Waals surface area contributed by atoms with E-state index in [1.54, 1.807) is 15.7 Å². The summed E-state index contributed by atoms with van der Waals surface area (Å²) in [6.45, 7) is 2.28. The Labute approximate surface area is 200 Å². The molecule has 4 amide bonds. The number of fused-ring (bicyclic) bond motifs is 3. The number of ether oxygens (including phenoxy) is 1. The third-order valence-electron chi connectivity index (χ3n) is 5.91. The SMILES string of the molecule is COC(=O)NCC1Cn2nc3c(c2C(=O)N(C)O1)CN(C(=O)Nc1ccc(F)c(C#N)c1)C(C)C3. The number of hydroxylamine groups is 2. The molecule has 2 N–H and O–H groups in total. The van der Waals surface area contributed by atoms with E-state index in [4.69, 9.17) is 10.1 Å². The first-order valence-corrected chi connectivity index (χ1v) is 10.8. The lowest BCUT2D eigenvalue weighted by atomic mass is 9.99. The summed E-state index contributed by atoms with van der Waals surface area (Å²) in [6.07, 6.45) is -0.779. The molecule has 4 rings (SSSR count). The van der Waals surface area contributed by atoms with Crippen LogP contribution < -0.4 is 10.6 Å². The summed E-state index contributed by atoms with van der Waals surface area (Å²) in [6, 6.07) is 4.80. The maximum atomic E-state index is 13.6. The van der Waals surface area contributed by atoms with Crippen LogP contribution in [0.5, 0.6) is 0 Å². The van der Waals surface area contributed by atoms with Crippen LogP contribution in [0, 0.1) is 17.1 Å². The second kappa shape index (κ2) is 9.59. The van der Waals surface area contributed by atoms with Crippen molar-refractivity contribution in [1.82, 2.24) is 25.1 Å². The first kappa shape index (κ1) is 24.0. The number of methoxy groups -OCH3 is 1. The van der Waals surface area contributed by atoms with Crippen LogP contribution in [0.1, 0.15) is 34.2 Å². The molecule has 2 aliphatic heterocycles. The quantitative estimate of drug-likeness (QED) is 0.673. The van der Waals surface area contributed by atoms with Crippen molar-refractivity contribution in [3.05, 3.63) is 46.5 Å². The van der Waals surface area contributed by atoms with E-state index in [2.05, 4.69) is 20.5 Å². The van der Waals surface area contributed by atoms with E-state index in [-0.39, 0.29) is 36.9 Å². The van der Waals surface area contributed by atoms with Crippen molar-refractivity contribution in [2.45, 2.75) is 38.6 Å². The molecule has 1 aromatic carbocycles. The zero-order chi connectivity index (χ0) is 25.3. The Kier molecular flexibility index (Phi) is 6.57. The molecule has 2 aromatic rings. The molecule has 2 atom stereocenters. The molecule has 0 radical (unpaired) electrons. The fraction of sp³-hybridized carbons (Fsp3) is 0.409. The number of alkyl carbamates (subject to hydrolysis) is 1. The van der Waals surface area contributed by atoms with Gasteiger partial charge in [0.25, 0.3) is 5.91 Å². The van der Waals surface area contributed by atoms with Crippen molar-refractivity contribution in [3.63, 3.8) is 0 Å². The van der Waals surface area contributed by atoms with Gasteiger partial charge in [0.05, 0.1) is 38.0 Å². The highest BCUT2D eigenvalue weighted by molar-refractivity contribution is 5.94. The lowest BCUT2D eigenvalue weighted by molar-refractivity contribution is -0.146. The first-order chi connectivity index (χ1) is 16.7. The summed E-state index contributed by atoms with van der Waals surface area (Å²) < 4.78 is 19.7. The van der Waals surface area contributed by atoms with Gasteiger partial charge in [0.15, 0.2) is 0 Å². The number of aromatic nitrogens is 2. The molecule has 0 aliphatic carbocycles. The Morgan fingerprint density at radius 3 is 2.89 bits per heavy atom. The first-order valence-electron chi connectivity index (χ1n) is 10.8. The number of urea groups is 1. The lowest BCUT2D eigenvalue weighted by Gasteiger charge is -2.33. The molecule has 0 bridgehead atoms. The van der Waals surface area contributed by atoms with Gasteiger partial charge in [0.1, 0.15) is 23.7 Å². The molecular formula is C22H24FN7O5. The summed E-state index contributed by atoms with van der Waals surface area (Å²) >= 11 is 0. The highest BCUT2D eigenvalue weighted by atomic mass is 19.1. The molecule has 0 fully saturated rings. The van der Waals surface area contributed by atoms with E-state index in [1.165, 1.54) is 26.3 Å². The topological polar surface area (TPSA) is 142 Å². The standard InChI is InChI=1S/C22H24FN7O5/c1-12-6-18-16(11-29(12)21(32)26-14-4-5-17(23)13(7-14)8-24)19-20(31)28(2)35-15(10-30(19)27-18)9-25-22(33)34-3/h4-5,7,12,15H,6,9-11H2,1-3H3,(H,25,33)(H,26,32). The van der Waals surface area contributed by atoms with Crippen molar-refractivity contribution >= 4 is 23.7 Å². The molecule has 0 spiro atoms. The van der Waals surface area contributed by atoms with Gasteiger partial charge in [-0.1, -0.05) is 0 Å². The third kappa shape index (κ3) is 4.73. The number of halogens is 1. The van der Waals surface area contributed by atoms with Gasteiger partial charge >= 0.3 is 12.1 Å². The van der Waals surface area contributed by atoms with Crippen LogP contribution in [-0.4, -0.2) is 70.6 Å². The van der Waals surface area contributed by atoms with Crippen LogP contribution in [0.15, 0.2) is 18.2 Å². The van der Waals surface area contributed by atoms with Crippen LogP contribution in [0.25, 0.3) is 0 Å². The maximum absolute atomic E-state index is 13.6. The van der Waals surface area contributed by atoms with Gasteiger partial charge in [-0.15, -0.1) is 0 Å². The Bertz CT molecular complexity index is 1220. The van der Waals surface area contributed by atoms with Gasteiger partial charge in [0, 0.05) is 30.8 Å². The molecule has 35 heavy (non-hydrogen) atoms. The van der Waals surface area contributed by atoms with Crippen molar-refractivity contribution in [1.29, 1.82) is 5.26 Å². The van der Waals surface area contributed by atoms with Crippen molar-refractivity contribution in [3.8, 4) is 6.07 Å². The number of nitrogens with zero attached hydrogens (tertiary/aromatic N) is 5. The summed E-state index contributed by atoms with van der Waals surface area (Å²) in [5, 5.41) is 20.0. The molecule has 0 saturated heterocycles. The Morgan fingerprint density at radius 2 is 2.17 bits per heavy atom. The monoisotopic (exact) mass is 485 g/mol. The number of anilines is 1. The minimum Gasteiger partial charge on any atom is -0.453 e. The molecule has 2 aliphatic rings. The van der Waals surface area contributed by atoms with Crippen LogP contribution in [0.3, 0.4) is 0 Å². The molecule has 3 heterocycles. The Hall–Kier alpha value is -4.18. The number of nitrogens with one attached hydrogen (secondary N) is 2.